The van der Waals surface area contributed by atoms with E-state index in [0.29, 0.717) is 19.3 Å². The van der Waals surface area contributed by atoms with E-state index in [-0.39, 0.29) is 31.1 Å². The first-order chi connectivity index (χ1) is 26.5. The summed E-state index contributed by atoms with van der Waals surface area (Å²) in [6, 6.07) is 0. The molecule has 0 aromatic rings. The molecule has 1 unspecified atom stereocenters. The monoisotopic (exact) mass is 759 g/mol. The molecule has 0 aromatic heterocycles. The Hall–Kier alpha value is -2.37. The van der Waals surface area contributed by atoms with Gasteiger partial charge < -0.3 is 14.2 Å². The highest BCUT2D eigenvalue weighted by atomic mass is 16.6. The van der Waals surface area contributed by atoms with E-state index in [0.717, 1.165) is 89.9 Å². The summed E-state index contributed by atoms with van der Waals surface area (Å²) in [4.78, 5) is 37.7. The van der Waals surface area contributed by atoms with Crippen LogP contribution < -0.4 is 0 Å². The molecule has 0 saturated heterocycles. The minimum absolute atomic E-state index is 0.0761. The molecule has 0 aliphatic carbocycles. The van der Waals surface area contributed by atoms with Crippen molar-refractivity contribution < 1.29 is 28.6 Å². The summed E-state index contributed by atoms with van der Waals surface area (Å²) in [5, 5.41) is 0. The van der Waals surface area contributed by atoms with Gasteiger partial charge in [0.1, 0.15) is 13.2 Å². The van der Waals surface area contributed by atoms with Gasteiger partial charge in [0, 0.05) is 19.3 Å². The zero-order valence-electron chi connectivity index (χ0n) is 35.7. The van der Waals surface area contributed by atoms with Gasteiger partial charge in [-0.3, -0.25) is 14.4 Å². The van der Waals surface area contributed by atoms with Gasteiger partial charge >= 0.3 is 17.9 Å². The highest BCUT2D eigenvalue weighted by molar-refractivity contribution is 5.71. The summed E-state index contributed by atoms with van der Waals surface area (Å²) in [6.45, 7) is 6.49. The third kappa shape index (κ3) is 40.8. The normalized spacial score (nSPS) is 12.3. The molecule has 0 heterocycles. The van der Waals surface area contributed by atoms with Crippen LogP contribution in [-0.4, -0.2) is 37.2 Å². The molecule has 0 spiro atoms. The Morgan fingerprint density at radius 2 is 0.722 bits per heavy atom. The smallest absolute Gasteiger partial charge is 0.306 e. The topological polar surface area (TPSA) is 78.9 Å². The van der Waals surface area contributed by atoms with Crippen LogP contribution in [0.5, 0.6) is 0 Å². The summed E-state index contributed by atoms with van der Waals surface area (Å²) in [5.41, 5.74) is 0. The van der Waals surface area contributed by atoms with Gasteiger partial charge in [0.25, 0.3) is 0 Å². The Labute approximate surface area is 334 Å². The second-order valence-corrected chi connectivity index (χ2v) is 15.3. The maximum Gasteiger partial charge on any atom is 0.306 e. The van der Waals surface area contributed by atoms with Gasteiger partial charge in [0.15, 0.2) is 6.10 Å². The fraction of sp³-hybridized carbons (Fsp3) is 0.812. The van der Waals surface area contributed by atoms with Crippen molar-refractivity contribution in [3.05, 3.63) is 36.5 Å². The molecule has 0 rings (SSSR count). The molecule has 0 bridgehead atoms. The third-order valence-corrected chi connectivity index (χ3v) is 9.91. The SMILES string of the molecule is CC/C=C\C/C=C\C/C=C\CCCCCCC(=O)OCC(COC(=O)CCCCCCCCCCCC)OC(=O)CCCCCCCCCCCCCC. The minimum Gasteiger partial charge on any atom is -0.462 e. The van der Waals surface area contributed by atoms with Crippen molar-refractivity contribution in [2.45, 2.75) is 239 Å². The van der Waals surface area contributed by atoms with Gasteiger partial charge in [0.2, 0.25) is 0 Å². The van der Waals surface area contributed by atoms with Crippen LogP contribution in [0.3, 0.4) is 0 Å². The molecule has 0 aliphatic rings. The van der Waals surface area contributed by atoms with Crippen molar-refractivity contribution >= 4 is 17.9 Å². The van der Waals surface area contributed by atoms with Crippen LogP contribution in [0.4, 0.5) is 0 Å². The lowest BCUT2D eigenvalue weighted by molar-refractivity contribution is -0.167. The summed E-state index contributed by atoms with van der Waals surface area (Å²) in [6.07, 6.45) is 48.4. The molecule has 0 aliphatic heterocycles. The number of hydrogen-bond donors (Lipinski definition) is 0. The Kier molecular flexibility index (Phi) is 41.5. The zero-order chi connectivity index (χ0) is 39.4. The Morgan fingerprint density at radius 3 is 1.13 bits per heavy atom. The lowest BCUT2D eigenvalue weighted by atomic mass is 10.0. The molecule has 0 N–H and O–H groups in total. The predicted octanol–water partition coefficient (Wildman–Crippen LogP) is 14.6. The summed E-state index contributed by atoms with van der Waals surface area (Å²) >= 11 is 0. The van der Waals surface area contributed by atoms with Crippen LogP contribution in [0.1, 0.15) is 233 Å². The van der Waals surface area contributed by atoms with Crippen LogP contribution >= 0.6 is 0 Å². The Bertz CT molecular complexity index is 922. The average molecular weight is 759 g/mol. The molecule has 314 valence electrons. The highest BCUT2D eigenvalue weighted by Crippen LogP contribution is 2.15. The first kappa shape index (κ1) is 51.6. The molecule has 54 heavy (non-hydrogen) atoms. The van der Waals surface area contributed by atoms with Crippen molar-refractivity contribution in [3.8, 4) is 0 Å². The molecule has 6 nitrogen and oxygen atoms in total. The van der Waals surface area contributed by atoms with E-state index in [1.54, 1.807) is 0 Å². The number of rotatable bonds is 41. The summed E-state index contributed by atoms with van der Waals surface area (Å²) in [7, 11) is 0. The van der Waals surface area contributed by atoms with Gasteiger partial charge in [0.05, 0.1) is 0 Å². The molecular weight excluding hydrogens is 673 g/mol. The van der Waals surface area contributed by atoms with Crippen LogP contribution in [0.15, 0.2) is 36.5 Å². The number of unbranched alkanes of at least 4 members (excludes halogenated alkanes) is 24. The largest absolute Gasteiger partial charge is 0.462 e. The van der Waals surface area contributed by atoms with Crippen molar-refractivity contribution in [2.24, 2.45) is 0 Å². The van der Waals surface area contributed by atoms with Crippen molar-refractivity contribution in [1.82, 2.24) is 0 Å². The number of ether oxygens (including phenoxy) is 3. The third-order valence-electron chi connectivity index (χ3n) is 9.91. The van der Waals surface area contributed by atoms with E-state index in [1.807, 2.05) is 0 Å². The van der Waals surface area contributed by atoms with Crippen LogP contribution in [-0.2, 0) is 28.6 Å². The average Bonchev–Trinajstić information content (AvgIpc) is 3.17. The van der Waals surface area contributed by atoms with Crippen LogP contribution in [0, 0.1) is 0 Å². The quantitative estimate of drug-likeness (QED) is 0.0267. The van der Waals surface area contributed by atoms with Crippen LogP contribution in [0.25, 0.3) is 0 Å². The lowest BCUT2D eigenvalue weighted by Crippen LogP contribution is -2.30. The molecular formula is C48H86O6. The lowest BCUT2D eigenvalue weighted by Gasteiger charge is -2.18. The van der Waals surface area contributed by atoms with Crippen molar-refractivity contribution in [2.75, 3.05) is 13.2 Å². The van der Waals surface area contributed by atoms with E-state index < -0.39 is 6.10 Å². The van der Waals surface area contributed by atoms with Gasteiger partial charge in [-0.25, -0.2) is 0 Å². The highest BCUT2D eigenvalue weighted by Gasteiger charge is 2.19. The first-order valence-electron chi connectivity index (χ1n) is 23.0. The number of carbonyl (C=O) groups is 3. The molecule has 0 amide bonds. The van der Waals surface area contributed by atoms with E-state index in [4.69, 9.17) is 14.2 Å². The van der Waals surface area contributed by atoms with Gasteiger partial charge in [-0.1, -0.05) is 198 Å². The van der Waals surface area contributed by atoms with Gasteiger partial charge in [-0.2, -0.15) is 0 Å². The summed E-state index contributed by atoms with van der Waals surface area (Å²) < 4.78 is 16.7. The fourth-order valence-electron chi connectivity index (χ4n) is 6.46. The molecule has 0 radical (unpaired) electrons. The number of esters is 3. The van der Waals surface area contributed by atoms with E-state index in [1.165, 1.54) is 103 Å². The minimum atomic E-state index is -0.773. The molecule has 0 aromatic carbocycles. The van der Waals surface area contributed by atoms with Gasteiger partial charge in [-0.15, -0.1) is 0 Å². The van der Waals surface area contributed by atoms with E-state index in [2.05, 4.69) is 57.2 Å². The standard InChI is InChI=1S/C48H86O6/c1-4-7-10-13-16-19-22-24-25-27-29-32-35-38-41-47(50)53-44-45(43-52-46(49)40-37-34-31-28-21-18-15-12-9-6-3)54-48(51)42-39-36-33-30-26-23-20-17-14-11-8-5-2/h7,10,16,19,24-25,45H,4-6,8-9,11-15,17-18,20-23,26-44H2,1-3H3/b10-7-,19-16-,25-24-. The number of hydrogen-bond acceptors (Lipinski definition) is 6. The predicted molar refractivity (Wildman–Crippen MR) is 229 cm³/mol. The van der Waals surface area contributed by atoms with Crippen molar-refractivity contribution in [3.63, 3.8) is 0 Å². The molecule has 1 atom stereocenters. The Balaban J connectivity index is 4.38. The maximum atomic E-state index is 12.7. The van der Waals surface area contributed by atoms with E-state index >= 15 is 0 Å². The fourth-order valence-corrected chi connectivity index (χ4v) is 6.46. The molecule has 6 heteroatoms. The van der Waals surface area contributed by atoms with Crippen LogP contribution in [0.2, 0.25) is 0 Å². The van der Waals surface area contributed by atoms with Crippen molar-refractivity contribution in [1.29, 1.82) is 0 Å². The number of carbonyl (C=O) groups excluding carboxylic acids is 3. The first-order valence-corrected chi connectivity index (χ1v) is 23.0. The van der Waals surface area contributed by atoms with Gasteiger partial charge in [-0.05, 0) is 51.4 Å². The second kappa shape index (κ2) is 43.4. The maximum absolute atomic E-state index is 12.7. The molecule has 0 fully saturated rings. The zero-order valence-corrected chi connectivity index (χ0v) is 35.7. The second-order valence-electron chi connectivity index (χ2n) is 15.3. The molecule has 0 saturated carbocycles. The van der Waals surface area contributed by atoms with E-state index in [9.17, 15) is 14.4 Å². The number of allylic oxidation sites excluding steroid dienone is 6. The Morgan fingerprint density at radius 1 is 0.389 bits per heavy atom. The summed E-state index contributed by atoms with van der Waals surface area (Å²) in [5.74, 6) is -0.897.